The van der Waals surface area contributed by atoms with Gasteiger partial charge in [0.2, 0.25) is 11.4 Å². The maximum atomic E-state index is 14.1. The summed E-state index contributed by atoms with van der Waals surface area (Å²) in [5.74, 6) is -12.3. The van der Waals surface area contributed by atoms with Crippen molar-refractivity contribution in [3.05, 3.63) is 33.8 Å². The molecule has 0 spiro atoms. The Labute approximate surface area is 198 Å². The fourth-order valence-corrected chi connectivity index (χ4v) is 4.56. The third-order valence-corrected chi connectivity index (χ3v) is 5.94. The van der Waals surface area contributed by atoms with Gasteiger partial charge in [0.25, 0.3) is 0 Å². The Morgan fingerprint density at radius 1 is 0.912 bits per heavy atom. The topological polar surface area (TPSA) is 105 Å². The SMILES string of the molecule is CCOC(=O)[C@@H]1C(c2c(Cl)cccc2Cl)[C@H](C(=O)OCC)[C@@](O)(C(F)(F)F)N[C@]1(O)C(F)(F)F. The van der Waals surface area contributed by atoms with Crippen molar-refractivity contribution < 1.29 is 55.6 Å². The van der Waals surface area contributed by atoms with Gasteiger partial charge in [0.1, 0.15) is 11.8 Å². The Morgan fingerprint density at radius 2 is 1.26 bits per heavy atom. The third-order valence-electron chi connectivity index (χ3n) is 5.28. The molecule has 0 radical (unpaired) electrons. The first-order valence-electron chi connectivity index (χ1n) is 9.62. The molecule has 7 nitrogen and oxygen atoms in total. The summed E-state index contributed by atoms with van der Waals surface area (Å²) >= 11 is 12.1. The quantitative estimate of drug-likeness (QED) is 0.387. The Bertz CT molecular complexity index is 877. The van der Waals surface area contributed by atoms with Crippen LogP contribution < -0.4 is 5.32 Å². The molecule has 1 aliphatic heterocycles. The van der Waals surface area contributed by atoms with Gasteiger partial charge in [-0.1, -0.05) is 29.3 Å². The van der Waals surface area contributed by atoms with Gasteiger partial charge in [-0.25, -0.2) is 5.32 Å². The molecule has 1 heterocycles. The molecule has 1 aromatic carbocycles. The van der Waals surface area contributed by atoms with Gasteiger partial charge in [0.15, 0.2) is 0 Å². The van der Waals surface area contributed by atoms with E-state index in [0.29, 0.717) is 5.32 Å². The van der Waals surface area contributed by atoms with E-state index in [1.807, 2.05) is 0 Å². The maximum absolute atomic E-state index is 14.1. The van der Waals surface area contributed by atoms with Crippen LogP contribution in [-0.4, -0.2) is 59.2 Å². The minimum atomic E-state index is -6.00. The summed E-state index contributed by atoms with van der Waals surface area (Å²) in [6.45, 7) is 1.29. The molecule has 1 unspecified atom stereocenters. The number of aliphatic hydroxyl groups is 2. The van der Waals surface area contributed by atoms with Crippen molar-refractivity contribution in [3.8, 4) is 0 Å². The van der Waals surface area contributed by atoms with Crippen LogP contribution in [0.5, 0.6) is 0 Å². The summed E-state index contributed by atoms with van der Waals surface area (Å²) in [6.07, 6.45) is -12.0. The van der Waals surface area contributed by atoms with Gasteiger partial charge in [0.05, 0.1) is 13.2 Å². The van der Waals surface area contributed by atoms with Crippen molar-refractivity contribution in [3.63, 3.8) is 0 Å². The predicted octanol–water partition coefficient (Wildman–Crippen LogP) is 3.54. The number of hydrogen-bond donors (Lipinski definition) is 3. The van der Waals surface area contributed by atoms with Gasteiger partial charge < -0.3 is 19.7 Å². The van der Waals surface area contributed by atoms with Gasteiger partial charge in [-0.05, 0) is 31.5 Å². The van der Waals surface area contributed by atoms with E-state index < -0.39 is 82.3 Å². The number of alkyl halides is 6. The second-order valence-corrected chi connectivity index (χ2v) is 8.09. The molecule has 3 N–H and O–H groups in total. The lowest BCUT2D eigenvalue weighted by molar-refractivity contribution is -0.376. The second kappa shape index (κ2) is 9.69. The van der Waals surface area contributed by atoms with Crippen molar-refractivity contribution in [1.82, 2.24) is 5.32 Å². The van der Waals surface area contributed by atoms with Gasteiger partial charge in [-0.3, -0.25) is 9.59 Å². The number of nitrogens with one attached hydrogen (secondary N) is 1. The lowest BCUT2D eigenvalue weighted by atomic mass is 9.64. The van der Waals surface area contributed by atoms with Crippen molar-refractivity contribution in [1.29, 1.82) is 0 Å². The molecular weight excluding hydrogens is 523 g/mol. The van der Waals surface area contributed by atoms with Crippen LogP contribution in [0.25, 0.3) is 0 Å². The third kappa shape index (κ3) is 4.68. The molecule has 34 heavy (non-hydrogen) atoms. The molecule has 0 aromatic heterocycles. The molecule has 0 saturated carbocycles. The van der Waals surface area contributed by atoms with Gasteiger partial charge in [-0.15, -0.1) is 0 Å². The van der Waals surface area contributed by atoms with E-state index in [2.05, 4.69) is 9.47 Å². The van der Waals surface area contributed by atoms with Crippen molar-refractivity contribution in [2.75, 3.05) is 13.2 Å². The van der Waals surface area contributed by atoms with Crippen molar-refractivity contribution in [2.45, 2.75) is 43.6 Å². The van der Waals surface area contributed by atoms with Crippen LogP contribution in [0, 0.1) is 11.8 Å². The van der Waals surface area contributed by atoms with E-state index in [9.17, 15) is 46.1 Å². The van der Waals surface area contributed by atoms with Crippen molar-refractivity contribution >= 4 is 35.1 Å². The largest absolute Gasteiger partial charge is 0.466 e. The minimum Gasteiger partial charge on any atom is -0.466 e. The van der Waals surface area contributed by atoms with Crippen LogP contribution in [0.4, 0.5) is 26.3 Å². The number of halogens is 8. The molecule has 0 aliphatic carbocycles. The summed E-state index contributed by atoms with van der Waals surface area (Å²) in [5.41, 5.74) is -10.2. The fraction of sp³-hybridized carbons (Fsp3) is 0.579. The zero-order valence-electron chi connectivity index (χ0n) is 17.4. The average Bonchev–Trinajstić information content (AvgIpc) is 2.66. The van der Waals surface area contributed by atoms with Gasteiger partial charge >= 0.3 is 24.3 Å². The lowest BCUT2D eigenvalue weighted by Gasteiger charge is -2.54. The number of hydrogen-bond acceptors (Lipinski definition) is 7. The fourth-order valence-electron chi connectivity index (χ4n) is 3.91. The molecule has 2 rings (SSSR count). The van der Waals surface area contributed by atoms with Crippen LogP contribution >= 0.6 is 23.2 Å². The molecule has 1 aromatic rings. The van der Waals surface area contributed by atoms with Crippen LogP contribution in [-0.2, 0) is 19.1 Å². The van der Waals surface area contributed by atoms with E-state index in [1.54, 1.807) is 0 Å². The zero-order valence-corrected chi connectivity index (χ0v) is 18.9. The molecule has 192 valence electrons. The Kier molecular flexibility index (Phi) is 8.10. The molecule has 15 heteroatoms. The second-order valence-electron chi connectivity index (χ2n) is 7.27. The summed E-state index contributed by atoms with van der Waals surface area (Å²) in [6, 6.07) is 3.24. The van der Waals surface area contributed by atoms with Crippen molar-refractivity contribution in [2.24, 2.45) is 11.8 Å². The first-order chi connectivity index (χ1) is 15.5. The van der Waals surface area contributed by atoms with E-state index in [4.69, 9.17) is 23.2 Å². The molecule has 5 atom stereocenters. The summed E-state index contributed by atoms with van der Waals surface area (Å²) in [7, 11) is 0. The normalized spacial score (nSPS) is 30.1. The number of carbonyl (C=O) groups is 2. The number of ether oxygens (including phenoxy) is 2. The molecule has 1 fully saturated rings. The molecule has 0 amide bonds. The molecule has 1 aliphatic rings. The zero-order chi connectivity index (χ0) is 26.3. The first kappa shape index (κ1) is 28.4. The summed E-state index contributed by atoms with van der Waals surface area (Å²) in [5, 5.41) is 20.7. The standard InChI is InChI=1S/C19H19Cl2F6NO6/c1-3-33-14(29)12-11(10-8(20)6-5-7-9(10)21)13(15(30)34-4-2)17(32,19(25,26)27)28-16(12,31)18(22,23)24/h5-7,11-13,28,31-32H,3-4H2,1-2H3/t11?,12-,13+,16-,17-/m1/s1. The van der Waals surface area contributed by atoms with Gasteiger partial charge in [0, 0.05) is 16.0 Å². The highest BCUT2D eigenvalue weighted by atomic mass is 35.5. The van der Waals surface area contributed by atoms with E-state index in [-0.39, 0.29) is 0 Å². The smallest absolute Gasteiger partial charge is 0.432 e. The highest BCUT2D eigenvalue weighted by Gasteiger charge is 2.78. The molecular formula is C19H19Cl2F6NO6. The van der Waals surface area contributed by atoms with E-state index in [1.165, 1.54) is 19.9 Å². The van der Waals surface area contributed by atoms with Crippen LogP contribution in [0.3, 0.4) is 0 Å². The van der Waals surface area contributed by atoms with Gasteiger partial charge in [-0.2, -0.15) is 26.3 Å². The minimum absolute atomic E-state index is 0.542. The van der Waals surface area contributed by atoms with Crippen LogP contribution in [0.15, 0.2) is 18.2 Å². The number of rotatable bonds is 5. The predicted molar refractivity (Wildman–Crippen MR) is 105 cm³/mol. The maximum Gasteiger partial charge on any atom is 0.432 e. The van der Waals surface area contributed by atoms with E-state index in [0.717, 1.165) is 12.1 Å². The number of piperidine rings is 1. The monoisotopic (exact) mass is 541 g/mol. The highest BCUT2D eigenvalue weighted by Crippen LogP contribution is 2.57. The summed E-state index contributed by atoms with van der Waals surface area (Å²) < 4.78 is 93.8. The summed E-state index contributed by atoms with van der Waals surface area (Å²) in [4.78, 5) is 25.5. The Hall–Kier alpha value is -1.80. The number of esters is 2. The highest BCUT2D eigenvalue weighted by molar-refractivity contribution is 6.36. The first-order valence-corrected chi connectivity index (χ1v) is 10.4. The average molecular weight is 542 g/mol. The van der Waals surface area contributed by atoms with Crippen LogP contribution in [0.1, 0.15) is 25.3 Å². The Morgan fingerprint density at radius 3 is 1.56 bits per heavy atom. The molecule has 1 saturated heterocycles. The van der Waals surface area contributed by atoms with Crippen LogP contribution in [0.2, 0.25) is 10.0 Å². The Balaban J connectivity index is 3.06. The number of benzene rings is 1. The lowest BCUT2D eigenvalue weighted by Crippen LogP contribution is -2.81. The van der Waals surface area contributed by atoms with E-state index >= 15 is 0 Å². The molecule has 0 bridgehead atoms. The number of carbonyl (C=O) groups excluding carboxylic acids is 2.